The molecule has 0 atom stereocenters. The van der Waals surface area contributed by atoms with E-state index in [4.69, 9.17) is 9.47 Å². The molecule has 0 bridgehead atoms. The number of alkyl carbamates (subject to hydrolysis) is 1. The molecule has 0 unspecified atom stereocenters. The largest absolute Gasteiger partial charge is 0.497 e. The molecule has 0 saturated carbocycles. The van der Waals surface area contributed by atoms with Crippen LogP contribution in [0.4, 0.5) is 4.79 Å². The number of sulfonamides is 1. The van der Waals surface area contributed by atoms with E-state index in [9.17, 15) is 13.2 Å². The van der Waals surface area contributed by atoms with Gasteiger partial charge < -0.3 is 14.8 Å². The first-order chi connectivity index (χ1) is 13.0. The van der Waals surface area contributed by atoms with Crippen LogP contribution in [0.5, 0.6) is 5.75 Å². The minimum Gasteiger partial charge on any atom is -0.497 e. The van der Waals surface area contributed by atoms with Crippen molar-refractivity contribution in [2.24, 2.45) is 11.3 Å². The van der Waals surface area contributed by atoms with Crippen LogP contribution in [-0.4, -0.2) is 52.2 Å². The fourth-order valence-electron chi connectivity index (χ4n) is 2.79. The Morgan fingerprint density at radius 2 is 1.82 bits per heavy atom. The van der Waals surface area contributed by atoms with Crippen LogP contribution in [0.3, 0.4) is 0 Å². The van der Waals surface area contributed by atoms with E-state index in [2.05, 4.69) is 5.32 Å². The minimum absolute atomic E-state index is 0.182. The van der Waals surface area contributed by atoms with Crippen LogP contribution in [0.15, 0.2) is 29.2 Å². The summed E-state index contributed by atoms with van der Waals surface area (Å²) in [6, 6.07) is 6.43. The van der Waals surface area contributed by atoms with Gasteiger partial charge in [0, 0.05) is 19.6 Å². The summed E-state index contributed by atoms with van der Waals surface area (Å²) in [5, 5.41) is 2.69. The maximum Gasteiger partial charge on any atom is 0.407 e. The van der Waals surface area contributed by atoms with Gasteiger partial charge in [0.05, 0.1) is 18.6 Å². The van der Waals surface area contributed by atoms with Gasteiger partial charge in [-0.3, -0.25) is 0 Å². The van der Waals surface area contributed by atoms with Crippen LogP contribution in [-0.2, 0) is 14.8 Å². The maximum absolute atomic E-state index is 13.2. The Kier molecular flexibility index (Phi) is 9.23. The number of hydrogen-bond acceptors (Lipinski definition) is 5. The summed E-state index contributed by atoms with van der Waals surface area (Å²) < 4.78 is 37.9. The van der Waals surface area contributed by atoms with E-state index in [-0.39, 0.29) is 16.2 Å². The molecule has 8 heteroatoms. The Balaban J connectivity index is 2.92. The first-order valence-electron chi connectivity index (χ1n) is 9.56. The predicted molar refractivity (Wildman–Crippen MR) is 110 cm³/mol. The van der Waals surface area contributed by atoms with Gasteiger partial charge in [-0.05, 0) is 48.9 Å². The third kappa shape index (κ3) is 7.67. The molecule has 28 heavy (non-hydrogen) atoms. The Bertz CT molecular complexity index is 715. The monoisotopic (exact) mass is 414 g/mol. The molecule has 0 aliphatic carbocycles. The molecule has 0 heterocycles. The van der Waals surface area contributed by atoms with Gasteiger partial charge in [-0.25, -0.2) is 13.2 Å². The van der Waals surface area contributed by atoms with Gasteiger partial charge in [-0.1, -0.05) is 27.7 Å². The molecule has 1 aromatic rings. The second-order valence-corrected chi connectivity index (χ2v) is 9.87. The zero-order valence-corrected chi connectivity index (χ0v) is 18.6. The second kappa shape index (κ2) is 10.7. The molecule has 0 saturated heterocycles. The standard InChI is InChI=1S/C20H34N2O5S/c1-7-27-19(23)21-13-12-20(4,5)15-22(14-16(2)3)28(24,25)18-10-8-17(26-6)9-11-18/h8-11,16H,7,12-15H2,1-6H3,(H,21,23). The SMILES string of the molecule is CCOC(=O)NCCC(C)(C)CN(CC(C)C)S(=O)(=O)c1ccc(OC)cc1. The van der Waals surface area contributed by atoms with E-state index in [1.165, 1.54) is 4.31 Å². The zero-order valence-electron chi connectivity index (χ0n) is 17.8. The Hall–Kier alpha value is -1.80. The quantitative estimate of drug-likeness (QED) is 0.599. The number of benzene rings is 1. The van der Waals surface area contributed by atoms with Crippen molar-refractivity contribution in [2.45, 2.75) is 45.9 Å². The molecular formula is C20H34N2O5S. The number of rotatable bonds is 11. The van der Waals surface area contributed by atoms with Crippen LogP contribution in [0.1, 0.15) is 41.0 Å². The summed E-state index contributed by atoms with van der Waals surface area (Å²) in [6.45, 7) is 11.2. The van der Waals surface area contributed by atoms with Crippen molar-refractivity contribution in [3.63, 3.8) is 0 Å². The lowest BCUT2D eigenvalue weighted by Crippen LogP contribution is -2.42. The first-order valence-corrected chi connectivity index (χ1v) is 11.0. The fraction of sp³-hybridized carbons (Fsp3) is 0.650. The first kappa shape index (κ1) is 24.2. The van der Waals surface area contributed by atoms with E-state index < -0.39 is 16.1 Å². The molecule has 160 valence electrons. The normalized spacial score (nSPS) is 12.3. The molecule has 0 fully saturated rings. The van der Waals surface area contributed by atoms with Gasteiger partial charge >= 0.3 is 6.09 Å². The summed E-state index contributed by atoms with van der Waals surface area (Å²) in [5.41, 5.74) is -0.325. The van der Waals surface area contributed by atoms with Crippen molar-refractivity contribution in [3.8, 4) is 5.75 Å². The highest BCUT2D eigenvalue weighted by Gasteiger charge is 2.31. The Labute approximate surface area is 169 Å². The molecule has 0 aliphatic rings. The molecule has 7 nitrogen and oxygen atoms in total. The van der Waals surface area contributed by atoms with Crippen molar-refractivity contribution >= 4 is 16.1 Å². The average molecular weight is 415 g/mol. The number of amides is 1. The molecule has 1 aromatic carbocycles. The fourth-order valence-corrected chi connectivity index (χ4v) is 4.59. The summed E-state index contributed by atoms with van der Waals surface area (Å²) in [6.07, 6.45) is 0.168. The summed E-state index contributed by atoms with van der Waals surface area (Å²) >= 11 is 0. The van der Waals surface area contributed by atoms with Gasteiger partial charge in [-0.2, -0.15) is 4.31 Å². The van der Waals surface area contributed by atoms with Crippen LogP contribution in [0.25, 0.3) is 0 Å². The minimum atomic E-state index is -3.64. The number of carbonyl (C=O) groups is 1. The lowest BCUT2D eigenvalue weighted by Gasteiger charge is -2.33. The van der Waals surface area contributed by atoms with E-state index >= 15 is 0 Å². The highest BCUT2D eigenvalue weighted by Crippen LogP contribution is 2.27. The van der Waals surface area contributed by atoms with Gasteiger partial charge in [0.25, 0.3) is 0 Å². The molecule has 0 radical (unpaired) electrons. The van der Waals surface area contributed by atoms with Crippen LogP contribution in [0.2, 0.25) is 0 Å². The maximum atomic E-state index is 13.2. The number of carbonyl (C=O) groups excluding carboxylic acids is 1. The molecule has 1 rings (SSSR count). The van der Waals surface area contributed by atoms with Crippen molar-refractivity contribution in [3.05, 3.63) is 24.3 Å². The molecule has 0 aromatic heterocycles. The summed E-state index contributed by atoms with van der Waals surface area (Å²) in [5.74, 6) is 0.793. The lowest BCUT2D eigenvalue weighted by molar-refractivity contribution is 0.149. The van der Waals surface area contributed by atoms with Gasteiger partial charge in [0.1, 0.15) is 5.75 Å². The molecule has 0 spiro atoms. The highest BCUT2D eigenvalue weighted by molar-refractivity contribution is 7.89. The average Bonchev–Trinajstić information content (AvgIpc) is 2.60. The molecule has 0 aliphatic heterocycles. The van der Waals surface area contributed by atoms with Gasteiger partial charge in [0.15, 0.2) is 0 Å². The smallest absolute Gasteiger partial charge is 0.407 e. The van der Waals surface area contributed by atoms with Crippen molar-refractivity contribution < 1.29 is 22.7 Å². The lowest BCUT2D eigenvalue weighted by atomic mass is 9.89. The second-order valence-electron chi connectivity index (χ2n) is 7.93. The third-order valence-corrected chi connectivity index (χ3v) is 6.04. The zero-order chi connectivity index (χ0) is 21.4. The Morgan fingerprint density at radius 1 is 1.21 bits per heavy atom. The molecule has 1 N–H and O–H groups in total. The van der Waals surface area contributed by atoms with Crippen molar-refractivity contribution in [2.75, 3.05) is 33.4 Å². The van der Waals surface area contributed by atoms with E-state index in [0.29, 0.717) is 38.4 Å². The van der Waals surface area contributed by atoms with Crippen LogP contribution < -0.4 is 10.1 Å². The Morgan fingerprint density at radius 3 is 2.32 bits per heavy atom. The molecular weight excluding hydrogens is 380 g/mol. The summed E-state index contributed by atoms with van der Waals surface area (Å²) in [4.78, 5) is 11.7. The van der Waals surface area contributed by atoms with Gasteiger partial charge in [-0.15, -0.1) is 0 Å². The number of hydrogen-bond donors (Lipinski definition) is 1. The molecule has 1 amide bonds. The number of ether oxygens (including phenoxy) is 2. The highest BCUT2D eigenvalue weighted by atomic mass is 32.2. The number of nitrogens with zero attached hydrogens (tertiary/aromatic N) is 1. The third-order valence-electron chi connectivity index (χ3n) is 4.22. The predicted octanol–water partition coefficient (Wildman–Crippen LogP) is 3.50. The van der Waals surface area contributed by atoms with E-state index in [0.717, 1.165) is 0 Å². The summed E-state index contributed by atoms with van der Waals surface area (Å²) in [7, 11) is -2.10. The van der Waals surface area contributed by atoms with E-state index in [1.54, 1.807) is 38.3 Å². The van der Waals surface area contributed by atoms with Crippen LogP contribution in [0, 0.1) is 11.3 Å². The van der Waals surface area contributed by atoms with E-state index in [1.807, 2.05) is 27.7 Å². The number of methoxy groups -OCH3 is 1. The van der Waals surface area contributed by atoms with Crippen molar-refractivity contribution in [1.29, 1.82) is 0 Å². The van der Waals surface area contributed by atoms with Gasteiger partial charge in [0.2, 0.25) is 10.0 Å². The van der Waals surface area contributed by atoms with Crippen LogP contribution >= 0.6 is 0 Å². The number of nitrogens with one attached hydrogen (secondary N) is 1. The van der Waals surface area contributed by atoms with Crippen molar-refractivity contribution in [1.82, 2.24) is 9.62 Å². The topological polar surface area (TPSA) is 84.9 Å².